The van der Waals surface area contributed by atoms with E-state index in [9.17, 15) is 4.79 Å². The number of fused-ring (bicyclic) bond motifs is 1. The number of hydrogen-bond acceptors (Lipinski definition) is 8. The Balaban J connectivity index is 1.40. The van der Waals surface area contributed by atoms with Crippen LogP contribution in [-0.2, 0) is 0 Å². The SMILES string of the molecule is COc1cc(N2CCN(C(C)C)CC2)ccc1Nc1nc(Nc2ccccc2C(N)=O)c2ccnc-2[nH]1. The summed E-state index contributed by atoms with van der Waals surface area (Å²) in [5, 5.41) is 6.58. The summed E-state index contributed by atoms with van der Waals surface area (Å²) in [6.07, 6.45) is 1.70. The maximum absolute atomic E-state index is 11.9. The molecule has 1 saturated heterocycles. The molecule has 5 N–H and O–H groups in total. The zero-order valence-corrected chi connectivity index (χ0v) is 21.3. The molecule has 3 aliphatic heterocycles. The third kappa shape index (κ3) is 5.14. The Labute approximate surface area is 216 Å². The molecule has 0 aromatic heterocycles. The lowest BCUT2D eigenvalue weighted by atomic mass is 10.1. The highest BCUT2D eigenvalue weighted by molar-refractivity contribution is 5.99. The molecule has 3 aliphatic rings. The van der Waals surface area contributed by atoms with Crippen molar-refractivity contribution >= 4 is 34.7 Å². The number of amides is 1. The number of carbonyl (C=O) groups excluding carboxylic acids is 1. The summed E-state index contributed by atoms with van der Waals surface area (Å²) in [6.45, 7) is 8.52. The third-order valence-corrected chi connectivity index (χ3v) is 6.71. The number of ether oxygens (including phenoxy) is 1. The molecule has 0 saturated carbocycles. The van der Waals surface area contributed by atoms with Gasteiger partial charge in [0.25, 0.3) is 5.91 Å². The Bertz CT molecular complexity index is 1360. The molecule has 10 nitrogen and oxygen atoms in total. The standard InChI is InChI=1S/C27H32N8O2/c1-17(2)34-12-14-35(15-13-34)18-8-9-22(23(16-18)37-3)31-27-32-25-20(10-11-29-25)26(33-27)30-21-7-5-4-6-19(21)24(28)36/h4-11,16-17H,12-15H2,1-3H3,(H2,28,36)(H3,29,30,31,32,33). The monoisotopic (exact) mass is 500 g/mol. The van der Waals surface area contributed by atoms with Crippen LogP contribution >= 0.6 is 0 Å². The first-order valence-electron chi connectivity index (χ1n) is 12.4. The number of carbonyl (C=O) groups is 1. The minimum Gasteiger partial charge on any atom is -0.494 e. The van der Waals surface area contributed by atoms with Crippen LogP contribution in [0.2, 0.25) is 0 Å². The number of nitrogens with one attached hydrogen (secondary N) is 3. The van der Waals surface area contributed by atoms with Gasteiger partial charge in [-0.3, -0.25) is 9.69 Å². The minimum atomic E-state index is -0.517. The molecule has 37 heavy (non-hydrogen) atoms. The number of H-pyrrole nitrogens is 1. The fourth-order valence-corrected chi connectivity index (χ4v) is 4.63. The van der Waals surface area contributed by atoms with Crippen LogP contribution in [0.3, 0.4) is 0 Å². The number of anilines is 5. The van der Waals surface area contributed by atoms with Gasteiger partial charge in [-0.2, -0.15) is 4.98 Å². The van der Waals surface area contributed by atoms with Gasteiger partial charge in [0.05, 0.1) is 29.6 Å². The molecule has 0 spiro atoms. The summed E-state index contributed by atoms with van der Waals surface area (Å²) in [6, 6.07) is 15.6. The molecular weight excluding hydrogens is 468 g/mol. The highest BCUT2D eigenvalue weighted by Gasteiger charge is 2.21. The van der Waals surface area contributed by atoms with Crippen LogP contribution in [0.5, 0.6) is 5.75 Å². The molecule has 10 heteroatoms. The summed E-state index contributed by atoms with van der Waals surface area (Å²) < 4.78 is 5.72. The van der Waals surface area contributed by atoms with Gasteiger partial charge in [-0.1, -0.05) is 12.1 Å². The van der Waals surface area contributed by atoms with Crippen molar-refractivity contribution in [2.45, 2.75) is 19.9 Å². The molecule has 0 atom stereocenters. The van der Waals surface area contributed by atoms with Crippen molar-refractivity contribution in [3.05, 3.63) is 60.3 Å². The zero-order valence-electron chi connectivity index (χ0n) is 21.3. The third-order valence-electron chi connectivity index (χ3n) is 6.71. The molecule has 2 aromatic rings. The van der Waals surface area contributed by atoms with Crippen LogP contribution in [0.15, 0.2) is 54.7 Å². The first-order valence-corrected chi connectivity index (χ1v) is 12.4. The van der Waals surface area contributed by atoms with Crippen molar-refractivity contribution in [1.82, 2.24) is 19.9 Å². The Kier molecular flexibility index (Phi) is 6.82. The van der Waals surface area contributed by atoms with Crippen LogP contribution in [0.25, 0.3) is 11.4 Å². The molecule has 192 valence electrons. The van der Waals surface area contributed by atoms with E-state index in [1.165, 1.54) is 0 Å². The van der Waals surface area contributed by atoms with Gasteiger partial charge in [-0.05, 0) is 44.2 Å². The van der Waals surface area contributed by atoms with E-state index in [1.807, 2.05) is 18.2 Å². The lowest BCUT2D eigenvalue weighted by Crippen LogP contribution is -2.48. The first-order chi connectivity index (χ1) is 17.9. The van der Waals surface area contributed by atoms with E-state index in [1.54, 1.807) is 31.5 Å². The highest BCUT2D eigenvalue weighted by Crippen LogP contribution is 2.35. The molecule has 3 heterocycles. The Morgan fingerprint density at radius 1 is 1.05 bits per heavy atom. The topological polar surface area (TPSA) is 124 Å². The van der Waals surface area contributed by atoms with E-state index in [0.717, 1.165) is 43.1 Å². The number of hydrogen-bond donors (Lipinski definition) is 4. The zero-order chi connectivity index (χ0) is 25.9. The van der Waals surface area contributed by atoms with E-state index in [0.29, 0.717) is 40.6 Å². The average molecular weight is 501 g/mol. The lowest BCUT2D eigenvalue weighted by molar-refractivity contribution is 0.100. The second-order valence-corrected chi connectivity index (χ2v) is 9.30. The maximum atomic E-state index is 11.9. The quantitative estimate of drug-likeness (QED) is 0.286. The van der Waals surface area contributed by atoms with Crippen molar-refractivity contribution in [2.24, 2.45) is 5.73 Å². The number of primary amides is 1. The van der Waals surface area contributed by atoms with E-state index in [-0.39, 0.29) is 0 Å². The number of para-hydroxylation sites is 1. The van der Waals surface area contributed by atoms with Crippen LogP contribution in [0, 0.1) is 0 Å². The fourth-order valence-electron chi connectivity index (χ4n) is 4.63. The number of aromatic amines is 1. The largest absolute Gasteiger partial charge is 0.494 e. The molecule has 0 unspecified atom stereocenters. The molecule has 1 amide bonds. The van der Waals surface area contributed by atoms with Gasteiger partial charge in [-0.25, -0.2) is 4.98 Å². The van der Waals surface area contributed by atoms with Gasteiger partial charge in [-0.15, -0.1) is 0 Å². The summed E-state index contributed by atoms with van der Waals surface area (Å²) >= 11 is 0. The van der Waals surface area contributed by atoms with Crippen molar-refractivity contribution in [1.29, 1.82) is 0 Å². The number of rotatable bonds is 8. The molecule has 5 rings (SSSR count). The Hall–Kier alpha value is -4.31. The van der Waals surface area contributed by atoms with Crippen LogP contribution < -0.4 is 26.0 Å². The number of nitrogens with two attached hydrogens (primary N) is 1. The molecular formula is C27H32N8O2. The van der Waals surface area contributed by atoms with Crippen LogP contribution in [0.4, 0.5) is 28.8 Å². The molecule has 0 aliphatic carbocycles. The van der Waals surface area contributed by atoms with Gasteiger partial charge in [0.1, 0.15) is 17.4 Å². The second kappa shape index (κ2) is 10.4. The highest BCUT2D eigenvalue weighted by atomic mass is 16.5. The smallest absolute Gasteiger partial charge is 0.250 e. The minimum absolute atomic E-state index is 0.380. The number of methoxy groups -OCH3 is 1. The molecule has 2 aromatic carbocycles. The summed E-state index contributed by atoms with van der Waals surface area (Å²) in [5.41, 5.74) is 9.19. The van der Waals surface area contributed by atoms with Crippen molar-refractivity contribution < 1.29 is 9.53 Å². The van der Waals surface area contributed by atoms with E-state index in [4.69, 9.17) is 15.5 Å². The first kappa shape index (κ1) is 24.4. The Morgan fingerprint density at radius 3 is 2.57 bits per heavy atom. The van der Waals surface area contributed by atoms with Gasteiger partial charge in [0.15, 0.2) is 0 Å². The van der Waals surface area contributed by atoms with E-state index in [2.05, 4.69) is 56.4 Å². The summed E-state index contributed by atoms with van der Waals surface area (Å²) in [7, 11) is 1.66. The number of nitrogens with zero attached hydrogens (tertiary/aromatic N) is 4. The molecule has 0 bridgehead atoms. The fraction of sp³-hybridized carbons (Fsp3) is 0.296. The van der Waals surface area contributed by atoms with Gasteiger partial charge >= 0.3 is 0 Å². The van der Waals surface area contributed by atoms with Gasteiger partial charge in [0, 0.05) is 50.2 Å². The normalized spacial score (nSPS) is 14.2. The van der Waals surface area contributed by atoms with Gasteiger partial charge in [0.2, 0.25) is 5.95 Å². The molecule has 1 fully saturated rings. The van der Waals surface area contributed by atoms with Crippen molar-refractivity contribution in [2.75, 3.05) is 48.8 Å². The van der Waals surface area contributed by atoms with Crippen molar-refractivity contribution in [3.8, 4) is 17.1 Å². The van der Waals surface area contributed by atoms with E-state index < -0.39 is 5.91 Å². The number of piperazine rings is 1. The molecule has 0 radical (unpaired) electrons. The van der Waals surface area contributed by atoms with Crippen LogP contribution in [0.1, 0.15) is 24.2 Å². The van der Waals surface area contributed by atoms with Gasteiger partial charge < -0.3 is 31.0 Å². The van der Waals surface area contributed by atoms with Crippen molar-refractivity contribution in [3.63, 3.8) is 0 Å². The number of benzene rings is 2. The summed E-state index contributed by atoms with van der Waals surface area (Å²) in [4.78, 5) is 29.1. The number of aromatic nitrogens is 3. The summed E-state index contributed by atoms with van der Waals surface area (Å²) in [5.74, 6) is 1.86. The van der Waals surface area contributed by atoms with Crippen LogP contribution in [-0.4, -0.2) is 65.1 Å². The maximum Gasteiger partial charge on any atom is 0.250 e. The lowest BCUT2D eigenvalue weighted by Gasteiger charge is -2.38. The second-order valence-electron chi connectivity index (χ2n) is 9.30. The van der Waals surface area contributed by atoms with E-state index >= 15 is 0 Å². The predicted octanol–water partition coefficient (Wildman–Crippen LogP) is 4.03. The average Bonchev–Trinajstić information content (AvgIpc) is 3.38. The predicted molar refractivity (Wildman–Crippen MR) is 146 cm³/mol. The Morgan fingerprint density at radius 2 is 1.84 bits per heavy atom.